The molecule has 0 radical (unpaired) electrons. The summed E-state index contributed by atoms with van der Waals surface area (Å²) < 4.78 is 50.9. The highest BCUT2D eigenvalue weighted by Crippen LogP contribution is 2.31. The number of benzene rings is 1. The first-order valence-corrected chi connectivity index (χ1v) is 14.3. The van der Waals surface area contributed by atoms with E-state index in [-0.39, 0.29) is 25.0 Å². The molecule has 1 rings (SSSR count). The number of rotatable bonds is 21. The lowest BCUT2D eigenvalue weighted by Gasteiger charge is -2.27. The van der Waals surface area contributed by atoms with Crippen molar-refractivity contribution in [3.63, 3.8) is 0 Å². The van der Waals surface area contributed by atoms with Crippen LogP contribution in [0.3, 0.4) is 0 Å². The summed E-state index contributed by atoms with van der Waals surface area (Å²) in [6.07, 6.45) is 17.5. The smallest absolute Gasteiger partial charge is 0.323 e. The third-order valence-electron chi connectivity index (χ3n) is 7.17. The quantitative estimate of drug-likeness (QED) is 0.0691. The summed E-state index contributed by atoms with van der Waals surface area (Å²) in [5, 5.41) is 0. The molecule has 212 valence electrons. The fraction of sp³-hybridized carbons (Fsp3) is 0.733. The van der Waals surface area contributed by atoms with Crippen LogP contribution in [-0.4, -0.2) is 18.5 Å². The van der Waals surface area contributed by atoms with Crippen molar-refractivity contribution in [1.29, 1.82) is 0 Å². The van der Waals surface area contributed by atoms with Crippen molar-refractivity contribution in [1.82, 2.24) is 0 Å². The van der Waals surface area contributed by atoms with Crippen molar-refractivity contribution < 1.29 is 32.2 Å². The number of carbonyl (C=O) groups excluding carboxylic acids is 2. The van der Waals surface area contributed by atoms with Gasteiger partial charge in [-0.15, -0.1) is 0 Å². The van der Waals surface area contributed by atoms with Crippen LogP contribution in [0.15, 0.2) is 12.1 Å². The Bertz CT molecular complexity index is 793. The summed E-state index contributed by atoms with van der Waals surface area (Å²) in [7, 11) is 0. The maximum atomic E-state index is 13.8. The number of hydrogen-bond acceptors (Lipinski definition) is 4. The highest BCUT2D eigenvalue weighted by molar-refractivity contribution is 6.00. The Balaban J connectivity index is 2.26. The molecule has 0 saturated carbocycles. The molecule has 0 bridgehead atoms. The van der Waals surface area contributed by atoms with Crippen molar-refractivity contribution in [2.75, 3.05) is 6.61 Å². The normalized spacial score (nSPS) is 11.5. The number of hydrogen-bond donors (Lipinski definition) is 0. The third kappa shape index (κ3) is 11.9. The minimum absolute atomic E-state index is 0.153. The van der Waals surface area contributed by atoms with Gasteiger partial charge >= 0.3 is 11.9 Å². The van der Waals surface area contributed by atoms with E-state index < -0.39 is 41.4 Å². The van der Waals surface area contributed by atoms with Gasteiger partial charge in [-0.3, -0.25) is 9.59 Å². The van der Waals surface area contributed by atoms with Gasteiger partial charge in [-0.2, -0.15) is 0 Å². The average Bonchev–Trinajstić information content (AvgIpc) is 2.88. The van der Waals surface area contributed by atoms with E-state index in [0.717, 1.165) is 19.3 Å². The number of halogens is 3. The van der Waals surface area contributed by atoms with Crippen molar-refractivity contribution in [3.05, 3.63) is 35.1 Å². The molecule has 0 aliphatic carbocycles. The van der Waals surface area contributed by atoms with Crippen LogP contribution in [0, 0.1) is 22.9 Å². The monoisotopic (exact) mass is 528 g/mol. The summed E-state index contributed by atoms with van der Waals surface area (Å²) in [4.78, 5) is 25.5. The SMILES string of the molecule is CCCCCCCCCCCCCCCCOC(=O)C(CC)(CC)C(=O)OCc1cc(F)c(F)cc1F. The summed E-state index contributed by atoms with van der Waals surface area (Å²) in [6, 6.07) is 1.04. The Morgan fingerprint density at radius 3 is 1.54 bits per heavy atom. The van der Waals surface area contributed by atoms with Crippen LogP contribution in [-0.2, 0) is 25.7 Å². The molecule has 4 nitrogen and oxygen atoms in total. The first-order chi connectivity index (χ1) is 17.8. The van der Waals surface area contributed by atoms with Gasteiger partial charge < -0.3 is 9.47 Å². The van der Waals surface area contributed by atoms with Gasteiger partial charge in [0.15, 0.2) is 17.0 Å². The molecule has 0 spiro atoms. The molecule has 0 amide bonds. The molecule has 37 heavy (non-hydrogen) atoms. The number of esters is 2. The second-order valence-electron chi connectivity index (χ2n) is 9.96. The minimum atomic E-state index is -1.51. The van der Waals surface area contributed by atoms with E-state index >= 15 is 0 Å². The zero-order chi connectivity index (χ0) is 27.5. The second kappa shape index (κ2) is 19.1. The maximum Gasteiger partial charge on any atom is 0.323 e. The molecule has 1 aromatic rings. The number of unbranched alkanes of at least 4 members (excludes halogenated alkanes) is 13. The van der Waals surface area contributed by atoms with E-state index in [1.807, 2.05) is 0 Å². The first-order valence-electron chi connectivity index (χ1n) is 14.3. The Labute approximate surface area is 221 Å². The van der Waals surface area contributed by atoms with Crippen LogP contribution in [0.2, 0.25) is 0 Å². The predicted octanol–water partition coefficient (Wildman–Crippen LogP) is 8.98. The molecule has 0 heterocycles. The number of carbonyl (C=O) groups is 2. The zero-order valence-corrected chi connectivity index (χ0v) is 23.1. The van der Waals surface area contributed by atoms with Crippen LogP contribution in [0.25, 0.3) is 0 Å². The standard InChI is InChI=1S/C30H47F3O4/c1-4-7-8-9-10-11-12-13-14-15-16-17-18-19-20-36-28(34)30(5-2,6-3)29(35)37-23-24-21-26(32)27(33)22-25(24)31/h21-22H,4-20,23H2,1-3H3. The Kier molecular flexibility index (Phi) is 17.0. The van der Waals surface area contributed by atoms with Crippen LogP contribution in [0.5, 0.6) is 0 Å². The van der Waals surface area contributed by atoms with E-state index in [9.17, 15) is 22.8 Å². The highest BCUT2D eigenvalue weighted by atomic mass is 19.2. The molecule has 0 unspecified atom stereocenters. The van der Waals surface area contributed by atoms with Crippen molar-refractivity contribution in [2.45, 2.75) is 130 Å². The molecular weight excluding hydrogens is 481 g/mol. The fourth-order valence-corrected chi connectivity index (χ4v) is 4.47. The van der Waals surface area contributed by atoms with Crippen molar-refractivity contribution in [2.24, 2.45) is 5.41 Å². The van der Waals surface area contributed by atoms with Gasteiger partial charge in [0.1, 0.15) is 12.4 Å². The van der Waals surface area contributed by atoms with Gasteiger partial charge in [0.05, 0.1) is 6.61 Å². The summed E-state index contributed by atoms with van der Waals surface area (Å²) in [5.74, 6) is -5.10. The Hall–Kier alpha value is -2.05. The van der Waals surface area contributed by atoms with E-state index in [1.54, 1.807) is 13.8 Å². The molecule has 0 N–H and O–H groups in total. The third-order valence-corrected chi connectivity index (χ3v) is 7.17. The molecule has 0 fully saturated rings. The Morgan fingerprint density at radius 1 is 0.622 bits per heavy atom. The lowest BCUT2D eigenvalue weighted by Crippen LogP contribution is -2.41. The minimum Gasteiger partial charge on any atom is -0.465 e. The number of ether oxygens (including phenoxy) is 2. The molecule has 0 aliphatic rings. The van der Waals surface area contributed by atoms with Gasteiger partial charge in [0.2, 0.25) is 0 Å². The molecular formula is C30H47F3O4. The topological polar surface area (TPSA) is 52.6 Å². The molecule has 0 aliphatic heterocycles. The zero-order valence-electron chi connectivity index (χ0n) is 23.1. The first kappa shape index (κ1) is 33.0. The van der Waals surface area contributed by atoms with E-state index in [1.165, 1.54) is 70.6 Å². The van der Waals surface area contributed by atoms with Gasteiger partial charge in [0, 0.05) is 11.6 Å². The van der Waals surface area contributed by atoms with Crippen LogP contribution in [0.1, 0.15) is 129 Å². The van der Waals surface area contributed by atoms with Crippen LogP contribution >= 0.6 is 0 Å². The molecule has 0 aromatic heterocycles. The maximum absolute atomic E-state index is 13.8. The molecule has 7 heteroatoms. The van der Waals surface area contributed by atoms with E-state index in [0.29, 0.717) is 12.1 Å². The van der Waals surface area contributed by atoms with Crippen LogP contribution in [0.4, 0.5) is 13.2 Å². The van der Waals surface area contributed by atoms with Gasteiger partial charge in [-0.05, 0) is 25.3 Å². The Morgan fingerprint density at radius 2 is 1.05 bits per heavy atom. The summed E-state index contributed by atoms with van der Waals surface area (Å²) >= 11 is 0. The van der Waals surface area contributed by atoms with E-state index in [4.69, 9.17) is 9.47 Å². The fourth-order valence-electron chi connectivity index (χ4n) is 4.47. The largest absolute Gasteiger partial charge is 0.465 e. The predicted molar refractivity (Wildman–Crippen MR) is 140 cm³/mol. The van der Waals surface area contributed by atoms with Crippen molar-refractivity contribution >= 4 is 11.9 Å². The lowest BCUT2D eigenvalue weighted by atomic mass is 9.82. The van der Waals surface area contributed by atoms with Gasteiger partial charge in [0.25, 0.3) is 0 Å². The summed E-state index contributed by atoms with van der Waals surface area (Å²) in [6.45, 7) is 5.22. The average molecular weight is 529 g/mol. The lowest BCUT2D eigenvalue weighted by molar-refractivity contribution is -0.174. The van der Waals surface area contributed by atoms with Gasteiger partial charge in [-0.25, -0.2) is 13.2 Å². The highest BCUT2D eigenvalue weighted by Gasteiger charge is 2.46. The van der Waals surface area contributed by atoms with Crippen LogP contribution < -0.4 is 0 Å². The van der Waals surface area contributed by atoms with Gasteiger partial charge in [-0.1, -0.05) is 104 Å². The molecule has 1 aromatic carbocycles. The molecule has 0 saturated heterocycles. The second-order valence-corrected chi connectivity index (χ2v) is 9.96. The van der Waals surface area contributed by atoms with Crippen molar-refractivity contribution in [3.8, 4) is 0 Å². The van der Waals surface area contributed by atoms with E-state index in [2.05, 4.69) is 6.92 Å². The molecule has 0 atom stereocenters. The summed E-state index contributed by atoms with van der Waals surface area (Å²) in [5.41, 5.74) is -1.81.